The van der Waals surface area contributed by atoms with Crippen molar-refractivity contribution < 1.29 is 14.3 Å². The minimum absolute atomic E-state index is 0.00841. The molecule has 2 amide bonds. The van der Waals surface area contributed by atoms with E-state index in [9.17, 15) is 14.4 Å². The van der Waals surface area contributed by atoms with E-state index >= 15 is 0 Å². The molecule has 0 bridgehead atoms. The van der Waals surface area contributed by atoms with Gasteiger partial charge in [0.25, 0.3) is 5.56 Å². The number of benzene rings is 1. The third kappa shape index (κ3) is 6.37. The van der Waals surface area contributed by atoms with Gasteiger partial charge in [-0.25, -0.2) is 0 Å². The Kier molecular flexibility index (Phi) is 8.81. The molecule has 9 nitrogen and oxygen atoms in total. The molecule has 0 aliphatic carbocycles. The fourth-order valence-corrected chi connectivity index (χ4v) is 4.75. The van der Waals surface area contributed by atoms with Gasteiger partial charge in [0, 0.05) is 63.3 Å². The fourth-order valence-electron chi connectivity index (χ4n) is 4.75. The van der Waals surface area contributed by atoms with Gasteiger partial charge in [0.2, 0.25) is 11.8 Å². The van der Waals surface area contributed by atoms with Crippen LogP contribution < -0.4 is 25.4 Å². The maximum Gasteiger partial charge on any atom is 0.250 e. The molecule has 39 heavy (non-hydrogen) atoms. The molecule has 0 atom stereocenters. The van der Waals surface area contributed by atoms with Gasteiger partial charge in [0.15, 0.2) is 0 Å². The highest BCUT2D eigenvalue weighted by Crippen LogP contribution is 2.40. The Hall–Kier alpha value is -3.98. The number of nitrogens with one attached hydrogen (secondary N) is 1. The Morgan fingerprint density at radius 3 is 2.59 bits per heavy atom. The van der Waals surface area contributed by atoms with Crippen LogP contribution in [0.4, 0.5) is 11.4 Å². The smallest absolute Gasteiger partial charge is 0.250 e. The molecule has 2 aromatic heterocycles. The first-order chi connectivity index (χ1) is 18.7. The minimum atomic E-state index is -1.13. The third-order valence-electron chi connectivity index (χ3n) is 7.02. The largest absolute Gasteiger partial charge is 0.493 e. The lowest BCUT2D eigenvalue weighted by molar-refractivity contribution is -0.137. The Bertz CT molecular complexity index is 1380. The Morgan fingerprint density at radius 2 is 1.82 bits per heavy atom. The van der Waals surface area contributed by atoms with Crippen LogP contribution in [0.2, 0.25) is 0 Å². The van der Waals surface area contributed by atoms with Crippen LogP contribution in [0.15, 0.2) is 65.7 Å². The predicted molar refractivity (Wildman–Crippen MR) is 152 cm³/mol. The van der Waals surface area contributed by atoms with Gasteiger partial charge >= 0.3 is 0 Å². The van der Waals surface area contributed by atoms with E-state index in [0.717, 1.165) is 24.2 Å². The van der Waals surface area contributed by atoms with Crippen LogP contribution in [0.3, 0.4) is 0 Å². The van der Waals surface area contributed by atoms with E-state index in [0.29, 0.717) is 49.8 Å². The number of anilines is 2. The molecule has 3 heterocycles. The lowest BCUT2D eigenvalue weighted by atomic mass is 9.90. The first-order valence-corrected chi connectivity index (χ1v) is 13.4. The SMILES string of the molecule is CCN1C(=O)C(C)(C)C(=O)N(C)c2cc(OCCCNCc3ccnc(CCn4ccccc4=O)c3)ccc21. The maximum absolute atomic E-state index is 13.0. The van der Waals surface area contributed by atoms with Gasteiger partial charge in [-0.2, -0.15) is 0 Å². The van der Waals surface area contributed by atoms with Crippen LogP contribution >= 0.6 is 0 Å². The van der Waals surface area contributed by atoms with Gasteiger partial charge in [-0.05, 0) is 69.6 Å². The van der Waals surface area contributed by atoms with Crippen molar-refractivity contribution in [3.05, 3.63) is 82.5 Å². The summed E-state index contributed by atoms with van der Waals surface area (Å²) in [6, 6.07) is 14.7. The third-order valence-corrected chi connectivity index (χ3v) is 7.02. The highest BCUT2D eigenvalue weighted by atomic mass is 16.5. The number of aryl methyl sites for hydroxylation is 2. The van der Waals surface area contributed by atoms with Gasteiger partial charge in [-0.3, -0.25) is 19.4 Å². The first kappa shape index (κ1) is 28.0. The van der Waals surface area contributed by atoms with Crippen molar-refractivity contribution in [2.75, 3.05) is 36.5 Å². The van der Waals surface area contributed by atoms with E-state index in [-0.39, 0.29) is 17.4 Å². The summed E-state index contributed by atoms with van der Waals surface area (Å²) in [5.41, 5.74) is 2.33. The number of carbonyl (C=O) groups excluding carboxylic acids is 2. The van der Waals surface area contributed by atoms with Crippen molar-refractivity contribution >= 4 is 23.2 Å². The Morgan fingerprint density at radius 1 is 1.00 bits per heavy atom. The first-order valence-electron chi connectivity index (χ1n) is 13.4. The number of ether oxygens (including phenoxy) is 1. The highest BCUT2D eigenvalue weighted by Gasteiger charge is 2.45. The van der Waals surface area contributed by atoms with Crippen LogP contribution in [0.1, 0.15) is 38.4 Å². The van der Waals surface area contributed by atoms with Gasteiger partial charge in [0.1, 0.15) is 11.2 Å². The number of rotatable bonds is 11. The van der Waals surface area contributed by atoms with Crippen molar-refractivity contribution in [2.24, 2.45) is 5.41 Å². The molecular weight excluding hydrogens is 494 g/mol. The summed E-state index contributed by atoms with van der Waals surface area (Å²) in [4.78, 5) is 45.6. The van der Waals surface area contributed by atoms with Crippen LogP contribution in [-0.4, -0.2) is 48.1 Å². The summed E-state index contributed by atoms with van der Waals surface area (Å²) in [5, 5.41) is 3.44. The Balaban J connectivity index is 1.26. The van der Waals surface area contributed by atoms with Crippen LogP contribution in [0.5, 0.6) is 5.75 Å². The number of aromatic nitrogens is 2. The van der Waals surface area contributed by atoms with Gasteiger partial charge in [-0.1, -0.05) is 6.07 Å². The normalized spacial score (nSPS) is 14.8. The molecule has 206 valence electrons. The van der Waals surface area contributed by atoms with E-state index in [1.54, 1.807) is 59.8 Å². The molecule has 0 spiro atoms. The van der Waals surface area contributed by atoms with Crippen LogP contribution in [0, 0.1) is 5.41 Å². The number of pyridine rings is 2. The van der Waals surface area contributed by atoms with Crippen molar-refractivity contribution in [3.8, 4) is 5.75 Å². The van der Waals surface area contributed by atoms with Crippen molar-refractivity contribution in [1.82, 2.24) is 14.9 Å². The number of nitrogens with zero attached hydrogens (tertiary/aromatic N) is 4. The minimum Gasteiger partial charge on any atom is -0.493 e. The number of carbonyl (C=O) groups is 2. The Labute approximate surface area is 229 Å². The van der Waals surface area contributed by atoms with E-state index in [1.165, 1.54) is 0 Å². The van der Waals surface area contributed by atoms with Crippen LogP contribution in [0.25, 0.3) is 0 Å². The highest BCUT2D eigenvalue weighted by molar-refractivity contribution is 6.20. The lowest BCUT2D eigenvalue weighted by Gasteiger charge is -2.27. The van der Waals surface area contributed by atoms with Crippen molar-refractivity contribution in [2.45, 2.75) is 46.7 Å². The summed E-state index contributed by atoms with van der Waals surface area (Å²) in [6.07, 6.45) is 5.08. The molecule has 1 aliphatic heterocycles. The zero-order valence-corrected chi connectivity index (χ0v) is 23.1. The number of amides is 2. The van der Waals surface area contributed by atoms with Gasteiger partial charge < -0.3 is 24.4 Å². The van der Waals surface area contributed by atoms with Crippen molar-refractivity contribution in [3.63, 3.8) is 0 Å². The lowest BCUT2D eigenvalue weighted by Crippen LogP contribution is -2.47. The molecular formula is C30H37N5O4. The fraction of sp³-hybridized carbons (Fsp3) is 0.400. The van der Waals surface area contributed by atoms with E-state index in [2.05, 4.69) is 16.4 Å². The van der Waals surface area contributed by atoms with E-state index in [1.807, 2.05) is 37.3 Å². The summed E-state index contributed by atoms with van der Waals surface area (Å²) in [6.45, 7) is 8.33. The summed E-state index contributed by atoms with van der Waals surface area (Å²) >= 11 is 0. The molecule has 4 rings (SSSR count). The molecule has 1 N–H and O–H groups in total. The number of fused-ring (bicyclic) bond motifs is 1. The molecule has 9 heteroatoms. The second-order valence-corrected chi connectivity index (χ2v) is 10.2. The second kappa shape index (κ2) is 12.3. The van der Waals surface area contributed by atoms with Crippen molar-refractivity contribution in [1.29, 1.82) is 0 Å². The monoisotopic (exact) mass is 531 g/mol. The van der Waals surface area contributed by atoms with E-state index in [4.69, 9.17) is 4.74 Å². The summed E-state index contributed by atoms with van der Waals surface area (Å²) in [7, 11) is 1.70. The van der Waals surface area contributed by atoms with Gasteiger partial charge in [0.05, 0.1) is 18.0 Å². The predicted octanol–water partition coefficient (Wildman–Crippen LogP) is 3.40. The second-order valence-electron chi connectivity index (χ2n) is 10.2. The molecule has 1 aromatic carbocycles. The molecule has 0 fully saturated rings. The maximum atomic E-state index is 13.0. The number of hydrogen-bond donors (Lipinski definition) is 1. The standard InChI is InChI=1S/C30H37N5O4/c1-5-35-25-11-10-24(20-26(25)33(4)28(37)30(2,3)29(35)38)39-18-8-14-31-21-22-12-15-32-23(19-22)13-17-34-16-7-6-9-27(34)36/h6-7,9-12,15-16,19-20,31H,5,8,13-14,17-18,21H2,1-4H3. The summed E-state index contributed by atoms with van der Waals surface area (Å²) in [5.74, 6) is 0.223. The van der Waals surface area contributed by atoms with Gasteiger partial charge in [-0.15, -0.1) is 0 Å². The zero-order chi connectivity index (χ0) is 28.0. The number of hydrogen-bond acceptors (Lipinski definition) is 6. The average Bonchev–Trinajstić information content (AvgIpc) is 2.99. The quantitative estimate of drug-likeness (QED) is 0.301. The molecule has 0 unspecified atom stereocenters. The average molecular weight is 532 g/mol. The summed E-state index contributed by atoms with van der Waals surface area (Å²) < 4.78 is 7.67. The van der Waals surface area contributed by atoms with E-state index < -0.39 is 5.41 Å². The van der Waals surface area contributed by atoms with Crippen LogP contribution in [-0.2, 0) is 29.1 Å². The molecule has 0 radical (unpaired) electrons. The molecule has 0 saturated heterocycles. The topological polar surface area (TPSA) is 96.8 Å². The zero-order valence-electron chi connectivity index (χ0n) is 23.1. The molecule has 3 aromatic rings. The molecule has 0 saturated carbocycles. The molecule has 1 aliphatic rings.